The molecule has 0 radical (unpaired) electrons. The summed E-state index contributed by atoms with van der Waals surface area (Å²) in [6, 6.07) is 10.3. The summed E-state index contributed by atoms with van der Waals surface area (Å²) in [6.07, 6.45) is 0.567. The van der Waals surface area contributed by atoms with Crippen LogP contribution in [0.4, 0.5) is 5.69 Å². The van der Waals surface area contributed by atoms with Crippen LogP contribution in [-0.2, 0) is 23.0 Å². The van der Waals surface area contributed by atoms with Crippen LogP contribution in [0.25, 0.3) is 11.1 Å². The number of aryl methyl sites for hydroxylation is 1. The van der Waals surface area contributed by atoms with Gasteiger partial charge in [0.1, 0.15) is 0 Å². The Bertz CT molecular complexity index is 1450. The highest BCUT2D eigenvalue weighted by Crippen LogP contribution is 2.22. The van der Waals surface area contributed by atoms with E-state index >= 15 is 0 Å². The third kappa shape index (κ3) is 4.12. The number of benzene rings is 2. The van der Waals surface area contributed by atoms with Gasteiger partial charge in [0.05, 0.1) is 17.0 Å². The maximum atomic E-state index is 12.8. The second-order valence-electron chi connectivity index (χ2n) is 6.78. The average molecular weight is 442 g/mol. The summed E-state index contributed by atoms with van der Waals surface area (Å²) in [5, 5.41) is 3.82. The fraction of sp³-hybridized carbons (Fsp3) is 0.200. The van der Waals surface area contributed by atoms with Gasteiger partial charge in [0.25, 0.3) is 10.0 Å². The Balaban J connectivity index is 1.65. The molecule has 0 aliphatic rings. The average Bonchev–Trinajstić information content (AvgIpc) is 3.31. The molecule has 0 unspecified atom stereocenters. The Morgan fingerprint density at radius 3 is 2.71 bits per heavy atom. The van der Waals surface area contributed by atoms with E-state index in [-0.39, 0.29) is 28.5 Å². The molecule has 4 rings (SSSR count). The minimum atomic E-state index is -3.98. The highest BCUT2D eigenvalue weighted by atomic mass is 32.2. The lowest BCUT2D eigenvalue weighted by Crippen LogP contribution is -2.16. The first-order chi connectivity index (χ1) is 14.8. The molecule has 2 aromatic carbocycles. The van der Waals surface area contributed by atoms with Gasteiger partial charge in [-0.3, -0.25) is 14.1 Å². The van der Waals surface area contributed by atoms with Crippen LogP contribution in [0, 0.1) is 0 Å². The van der Waals surface area contributed by atoms with Gasteiger partial charge in [-0.1, -0.05) is 24.2 Å². The van der Waals surface area contributed by atoms with Gasteiger partial charge in [-0.25, -0.2) is 13.2 Å². The lowest BCUT2D eigenvalue weighted by Gasteiger charge is -2.09. The molecule has 0 saturated heterocycles. The smallest absolute Gasteiger partial charge is 0.408 e. The molecular weight excluding hydrogens is 424 g/mol. The standard InChI is InChI=1S/C20H18N4O6S/c1-3-19-21-18(22-30-19)11-24-16-8-7-15(10-17(16)29-20(24)26)31(27,28)23-14-6-4-5-13(9-14)12(2)25/h4-10,23H,3,11H2,1-2H3. The predicted molar refractivity (Wildman–Crippen MR) is 111 cm³/mol. The first-order valence-corrected chi connectivity index (χ1v) is 10.8. The van der Waals surface area contributed by atoms with Gasteiger partial charge in [0.2, 0.25) is 5.89 Å². The summed E-state index contributed by atoms with van der Waals surface area (Å²) in [5.74, 6) is -0.0951. The molecular formula is C20H18N4O6S. The first-order valence-electron chi connectivity index (χ1n) is 9.35. The van der Waals surface area contributed by atoms with Crippen LogP contribution in [-0.4, -0.2) is 28.9 Å². The number of ketones is 1. The normalized spacial score (nSPS) is 11.7. The lowest BCUT2D eigenvalue weighted by molar-refractivity contribution is 0.101. The Labute approximate surface area is 176 Å². The number of fused-ring (bicyclic) bond motifs is 1. The zero-order chi connectivity index (χ0) is 22.2. The maximum absolute atomic E-state index is 12.8. The third-order valence-electron chi connectivity index (χ3n) is 4.58. The number of anilines is 1. The van der Waals surface area contributed by atoms with Gasteiger partial charge >= 0.3 is 5.76 Å². The molecule has 1 N–H and O–H groups in total. The van der Waals surface area contributed by atoms with Gasteiger partial charge < -0.3 is 8.94 Å². The van der Waals surface area contributed by atoms with E-state index in [2.05, 4.69) is 14.9 Å². The quantitative estimate of drug-likeness (QED) is 0.431. The van der Waals surface area contributed by atoms with E-state index in [0.717, 1.165) is 0 Å². The van der Waals surface area contributed by atoms with Crippen LogP contribution in [0.2, 0.25) is 0 Å². The molecule has 2 aromatic heterocycles. The molecule has 0 aliphatic carbocycles. The van der Waals surface area contributed by atoms with E-state index in [1.54, 1.807) is 12.1 Å². The number of Topliss-reactive ketones (excluding diaryl/α,β-unsaturated/α-hetero) is 1. The van der Waals surface area contributed by atoms with Crippen molar-refractivity contribution in [2.24, 2.45) is 0 Å². The number of hydrogen-bond acceptors (Lipinski definition) is 8. The number of carbonyl (C=O) groups is 1. The van der Waals surface area contributed by atoms with Crippen LogP contribution in [0.5, 0.6) is 0 Å². The number of oxazole rings is 1. The van der Waals surface area contributed by atoms with Crippen molar-refractivity contribution in [1.29, 1.82) is 0 Å². The molecule has 4 aromatic rings. The van der Waals surface area contributed by atoms with Crippen LogP contribution >= 0.6 is 0 Å². The fourth-order valence-electron chi connectivity index (χ4n) is 3.02. The maximum Gasteiger partial charge on any atom is 0.420 e. The first kappa shape index (κ1) is 20.5. The van der Waals surface area contributed by atoms with Crippen LogP contribution in [0.1, 0.15) is 35.9 Å². The van der Waals surface area contributed by atoms with E-state index in [4.69, 9.17) is 8.94 Å². The van der Waals surface area contributed by atoms with E-state index in [9.17, 15) is 18.0 Å². The number of carbonyl (C=O) groups excluding carboxylic acids is 1. The monoisotopic (exact) mass is 442 g/mol. The van der Waals surface area contributed by atoms with Gasteiger partial charge in [0.15, 0.2) is 17.2 Å². The van der Waals surface area contributed by atoms with Crippen molar-refractivity contribution in [2.45, 2.75) is 31.7 Å². The summed E-state index contributed by atoms with van der Waals surface area (Å²) in [7, 11) is -3.98. The molecule has 0 spiro atoms. The van der Waals surface area contributed by atoms with Crippen molar-refractivity contribution in [1.82, 2.24) is 14.7 Å². The largest absolute Gasteiger partial charge is 0.420 e. The Kier molecular flexibility index (Phi) is 5.19. The van der Waals surface area contributed by atoms with E-state index in [1.165, 1.54) is 41.8 Å². The fourth-order valence-corrected chi connectivity index (χ4v) is 4.08. The molecule has 0 aliphatic heterocycles. The van der Waals surface area contributed by atoms with Crippen molar-refractivity contribution in [3.8, 4) is 0 Å². The molecule has 2 heterocycles. The van der Waals surface area contributed by atoms with Crippen molar-refractivity contribution in [2.75, 3.05) is 4.72 Å². The van der Waals surface area contributed by atoms with E-state index < -0.39 is 15.8 Å². The summed E-state index contributed by atoms with van der Waals surface area (Å²) in [4.78, 5) is 27.9. The van der Waals surface area contributed by atoms with Crippen LogP contribution in [0.15, 0.2) is 61.1 Å². The highest BCUT2D eigenvalue weighted by molar-refractivity contribution is 7.92. The predicted octanol–water partition coefficient (Wildman–Crippen LogP) is 2.59. The molecule has 160 valence electrons. The zero-order valence-electron chi connectivity index (χ0n) is 16.7. The van der Waals surface area contributed by atoms with Crippen molar-refractivity contribution < 1.29 is 22.2 Å². The SMILES string of the molecule is CCc1nc(Cn2c(=O)oc3cc(S(=O)(=O)Nc4cccc(C(C)=O)c4)ccc32)no1. The van der Waals surface area contributed by atoms with Crippen molar-refractivity contribution >= 4 is 32.6 Å². The summed E-state index contributed by atoms with van der Waals surface area (Å²) in [5.41, 5.74) is 1.12. The Morgan fingerprint density at radius 2 is 2.00 bits per heavy atom. The number of hydrogen-bond donors (Lipinski definition) is 1. The summed E-state index contributed by atoms with van der Waals surface area (Å²) in [6.45, 7) is 3.28. The second-order valence-corrected chi connectivity index (χ2v) is 8.47. The van der Waals surface area contributed by atoms with Crippen LogP contribution in [0.3, 0.4) is 0 Å². The topological polar surface area (TPSA) is 137 Å². The lowest BCUT2D eigenvalue weighted by atomic mass is 10.1. The molecule has 11 heteroatoms. The molecule has 31 heavy (non-hydrogen) atoms. The molecule has 0 fully saturated rings. The minimum absolute atomic E-state index is 0.0253. The van der Waals surface area contributed by atoms with Crippen molar-refractivity contribution in [3.63, 3.8) is 0 Å². The number of nitrogens with zero attached hydrogens (tertiary/aromatic N) is 3. The van der Waals surface area contributed by atoms with Crippen LogP contribution < -0.4 is 10.5 Å². The third-order valence-corrected chi connectivity index (χ3v) is 5.96. The van der Waals surface area contributed by atoms with E-state index in [0.29, 0.717) is 29.2 Å². The van der Waals surface area contributed by atoms with E-state index in [1.807, 2.05) is 6.92 Å². The van der Waals surface area contributed by atoms with Gasteiger partial charge in [-0.15, -0.1) is 0 Å². The van der Waals surface area contributed by atoms with Crippen molar-refractivity contribution in [3.05, 3.63) is 70.3 Å². The Morgan fingerprint density at radius 1 is 1.19 bits per heavy atom. The highest BCUT2D eigenvalue weighted by Gasteiger charge is 2.19. The molecule has 0 saturated carbocycles. The molecule has 0 atom stereocenters. The zero-order valence-corrected chi connectivity index (χ0v) is 17.5. The summed E-state index contributed by atoms with van der Waals surface area (Å²) < 4.78 is 39.6. The summed E-state index contributed by atoms with van der Waals surface area (Å²) >= 11 is 0. The second kappa shape index (κ2) is 7.84. The van der Waals surface area contributed by atoms with Gasteiger partial charge in [-0.05, 0) is 31.2 Å². The van der Waals surface area contributed by atoms with Gasteiger partial charge in [-0.2, -0.15) is 4.98 Å². The number of sulfonamides is 1. The molecule has 0 bridgehead atoms. The number of aromatic nitrogens is 3. The molecule has 0 amide bonds. The number of nitrogens with one attached hydrogen (secondary N) is 1. The minimum Gasteiger partial charge on any atom is -0.408 e. The van der Waals surface area contributed by atoms with Gasteiger partial charge in [0, 0.05) is 23.7 Å². The number of rotatable bonds is 7. The molecule has 10 nitrogen and oxygen atoms in total. The Hall–Kier alpha value is -3.73.